The first-order valence-corrected chi connectivity index (χ1v) is 10.4. The Bertz CT molecular complexity index is 1050. The molecule has 1 aliphatic carbocycles. The molecular weight excluding hydrogens is 376 g/mol. The largest absolute Gasteiger partial charge is 0.504 e. The third-order valence-corrected chi connectivity index (χ3v) is 5.80. The molecule has 1 atom stereocenters. The Labute approximate surface area is 164 Å². The molecule has 1 aliphatic rings. The third kappa shape index (κ3) is 4.50. The second kappa shape index (κ2) is 8.01. The van der Waals surface area contributed by atoms with Crippen molar-refractivity contribution in [1.29, 1.82) is 0 Å². The van der Waals surface area contributed by atoms with E-state index in [4.69, 9.17) is 5.84 Å². The van der Waals surface area contributed by atoms with Gasteiger partial charge in [0.15, 0.2) is 17.4 Å². The van der Waals surface area contributed by atoms with Gasteiger partial charge >= 0.3 is 0 Å². The molecule has 1 aromatic heterocycles. The summed E-state index contributed by atoms with van der Waals surface area (Å²) in [5.74, 6) is 10.1. The molecule has 2 aromatic rings. The van der Waals surface area contributed by atoms with E-state index >= 15 is 0 Å². The Morgan fingerprint density at radius 1 is 1.46 bits per heavy atom. The molecule has 0 bridgehead atoms. The fourth-order valence-electron chi connectivity index (χ4n) is 2.60. The fraction of sp³-hybridized carbons (Fsp3) is 0.211. The number of hydrazine groups is 1. The van der Waals surface area contributed by atoms with Crippen LogP contribution in [-0.2, 0) is 9.71 Å². The summed E-state index contributed by atoms with van der Waals surface area (Å²) in [6.45, 7) is 5.37. The van der Waals surface area contributed by atoms with E-state index in [1.807, 2.05) is 12.1 Å². The summed E-state index contributed by atoms with van der Waals surface area (Å²) in [5.41, 5.74) is 2.36. The van der Waals surface area contributed by atoms with Gasteiger partial charge in [0.25, 0.3) is 0 Å². The maximum atomic E-state index is 12.3. The SMILES string of the molecule is C=C/C(O)=C(\N=C(/C)c1cccc(S(=C)(=O)NN)c1)Nc1cc(C2CC2)[nH]n1. The van der Waals surface area contributed by atoms with Gasteiger partial charge in [-0.15, -0.1) is 0 Å². The van der Waals surface area contributed by atoms with Gasteiger partial charge in [-0.25, -0.2) is 9.20 Å². The highest BCUT2D eigenvalue weighted by atomic mass is 32.2. The summed E-state index contributed by atoms with van der Waals surface area (Å²) in [4.78, 5) is 7.16. The average molecular weight is 401 g/mol. The molecule has 8 nitrogen and oxygen atoms in total. The number of aliphatic hydroxyl groups is 1. The standard InChI is InChI=1S/C19H24N6O2S/c1-4-17(26)19(22-18-11-16(23-24-18)13-8-9-13)21-12(2)14-6-5-7-15(10-14)28(3,27)25-20/h4-7,10-11,13,26H,1,3,8-9,20H2,2H3,(H,25,27)(H2,22,23,24)/b19-17-,21-12+. The highest BCUT2D eigenvalue weighted by Gasteiger charge is 2.25. The van der Waals surface area contributed by atoms with Crippen LogP contribution in [0.3, 0.4) is 0 Å². The lowest BCUT2D eigenvalue weighted by molar-refractivity contribution is 0.425. The van der Waals surface area contributed by atoms with Gasteiger partial charge in [0.05, 0.1) is 9.71 Å². The number of aliphatic hydroxyl groups excluding tert-OH is 1. The molecule has 1 heterocycles. The third-order valence-electron chi connectivity index (χ3n) is 4.40. The zero-order chi connectivity index (χ0) is 20.3. The zero-order valence-corrected chi connectivity index (χ0v) is 16.4. The number of aromatic nitrogens is 2. The maximum Gasteiger partial charge on any atom is 0.174 e. The molecule has 1 saturated carbocycles. The lowest BCUT2D eigenvalue weighted by Gasteiger charge is -2.11. The molecule has 0 amide bonds. The first-order valence-electron chi connectivity index (χ1n) is 8.72. The highest BCUT2D eigenvalue weighted by molar-refractivity contribution is 7.98. The minimum Gasteiger partial charge on any atom is -0.504 e. The van der Waals surface area contributed by atoms with Gasteiger partial charge in [-0.2, -0.15) is 9.93 Å². The maximum absolute atomic E-state index is 12.3. The molecule has 1 unspecified atom stereocenters. The fourth-order valence-corrected chi connectivity index (χ4v) is 3.35. The van der Waals surface area contributed by atoms with Gasteiger partial charge in [0, 0.05) is 28.3 Å². The zero-order valence-electron chi connectivity index (χ0n) is 15.6. The van der Waals surface area contributed by atoms with E-state index in [0.717, 1.165) is 18.5 Å². The van der Waals surface area contributed by atoms with Gasteiger partial charge in [-0.1, -0.05) is 18.7 Å². The average Bonchev–Trinajstić information content (AvgIpc) is 3.45. The Morgan fingerprint density at radius 3 is 2.86 bits per heavy atom. The van der Waals surface area contributed by atoms with Crippen LogP contribution in [-0.4, -0.2) is 31.1 Å². The second-order valence-electron chi connectivity index (χ2n) is 6.56. The number of hydrogen-bond acceptors (Lipinski definition) is 6. The highest BCUT2D eigenvalue weighted by Crippen LogP contribution is 2.39. The molecular formula is C19H24N6O2S. The number of nitrogens with zero attached hydrogens (tertiary/aromatic N) is 2. The first-order chi connectivity index (χ1) is 13.3. The summed E-state index contributed by atoms with van der Waals surface area (Å²) in [6, 6.07) is 8.83. The van der Waals surface area contributed by atoms with Crippen LogP contribution in [0.1, 0.15) is 36.9 Å². The van der Waals surface area contributed by atoms with E-state index in [1.54, 1.807) is 25.1 Å². The van der Waals surface area contributed by atoms with Crippen LogP contribution < -0.4 is 16.0 Å². The number of rotatable bonds is 8. The van der Waals surface area contributed by atoms with Crippen molar-refractivity contribution in [3.63, 3.8) is 0 Å². The molecule has 1 fully saturated rings. The predicted molar refractivity (Wildman–Crippen MR) is 114 cm³/mol. The second-order valence-corrected chi connectivity index (χ2v) is 8.62. The van der Waals surface area contributed by atoms with Crippen molar-refractivity contribution in [2.24, 2.45) is 10.8 Å². The number of anilines is 1. The molecule has 0 saturated heterocycles. The van der Waals surface area contributed by atoms with Gasteiger partial charge in [0.2, 0.25) is 0 Å². The number of nitrogens with two attached hydrogens (primary N) is 1. The molecule has 0 radical (unpaired) electrons. The van der Waals surface area contributed by atoms with Crippen molar-refractivity contribution in [3.05, 3.63) is 65.8 Å². The summed E-state index contributed by atoms with van der Waals surface area (Å²) in [5, 5.41) is 20.4. The van der Waals surface area contributed by atoms with Crippen LogP contribution in [0.25, 0.3) is 0 Å². The number of benzene rings is 1. The van der Waals surface area contributed by atoms with Crippen molar-refractivity contribution in [1.82, 2.24) is 15.0 Å². The number of allylic oxidation sites excluding steroid dienone is 1. The van der Waals surface area contributed by atoms with Crippen molar-refractivity contribution >= 4 is 27.1 Å². The lowest BCUT2D eigenvalue weighted by Crippen LogP contribution is -2.30. The molecule has 0 spiro atoms. The van der Waals surface area contributed by atoms with Crippen LogP contribution in [0, 0.1) is 0 Å². The first kappa shape index (κ1) is 19.9. The van der Waals surface area contributed by atoms with Gasteiger partial charge in [0.1, 0.15) is 0 Å². The Hall–Kier alpha value is -2.88. The van der Waals surface area contributed by atoms with E-state index in [2.05, 4.69) is 37.8 Å². The molecule has 148 valence electrons. The van der Waals surface area contributed by atoms with Crippen molar-refractivity contribution in [2.45, 2.75) is 30.6 Å². The number of hydrogen-bond donors (Lipinski definition) is 5. The summed E-state index contributed by atoms with van der Waals surface area (Å²) < 4.78 is 12.3. The lowest BCUT2D eigenvalue weighted by atomic mass is 10.1. The van der Waals surface area contributed by atoms with E-state index in [-0.39, 0.29) is 11.6 Å². The Morgan fingerprint density at radius 2 is 2.21 bits per heavy atom. The number of aliphatic imine (C=N–C) groups is 1. The van der Waals surface area contributed by atoms with Crippen LogP contribution in [0.4, 0.5) is 5.82 Å². The smallest absolute Gasteiger partial charge is 0.174 e. The van der Waals surface area contributed by atoms with Gasteiger partial charge < -0.3 is 10.4 Å². The number of nitrogens with one attached hydrogen (secondary N) is 3. The summed E-state index contributed by atoms with van der Waals surface area (Å²) >= 11 is 0. The van der Waals surface area contributed by atoms with Crippen molar-refractivity contribution in [3.8, 4) is 0 Å². The Kier molecular flexibility index (Phi) is 5.68. The summed E-state index contributed by atoms with van der Waals surface area (Å²) in [7, 11) is -2.79. The number of H-pyrrole nitrogens is 1. The topological polar surface area (TPSA) is 128 Å². The van der Waals surface area contributed by atoms with Crippen LogP contribution in [0.15, 0.2) is 64.5 Å². The minimum atomic E-state index is -2.79. The van der Waals surface area contributed by atoms with Crippen LogP contribution in [0.5, 0.6) is 0 Å². The predicted octanol–water partition coefficient (Wildman–Crippen LogP) is 2.57. The normalized spacial score (nSPS) is 17.6. The number of aromatic amines is 1. The molecule has 3 rings (SSSR count). The van der Waals surface area contributed by atoms with E-state index in [1.165, 1.54) is 6.08 Å². The molecule has 0 aliphatic heterocycles. The quantitative estimate of drug-likeness (QED) is 0.116. The van der Waals surface area contributed by atoms with E-state index < -0.39 is 9.71 Å². The van der Waals surface area contributed by atoms with Crippen LogP contribution >= 0.6 is 0 Å². The molecule has 28 heavy (non-hydrogen) atoms. The monoisotopic (exact) mass is 400 g/mol. The van der Waals surface area contributed by atoms with E-state index in [9.17, 15) is 9.32 Å². The van der Waals surface area contributed by atoms with E-state index in [0.29, 0.717) is 27.9 Å². The van der Waals surface area contributed by atoms with Gasteiger partial charge in [-0.05, 0) is 49.4 Å². The van der Waals surface area contributed by atoms with Crippen LogP contribution in [0.2, 0.25) is 0 Å². The molecule has 1 aromatic carbocycles. The minimum absolute atomic E-state index is 0.115. The van der Waals surface area contributed by atoms with Crippen molar-refractivity contribution in [2.75, 3.05) is 5.32 Å². The van der Waals surface area contributed by atoms with Crippen molar-refractivity contribution < 1.29 is 9.32 Å². The molecule has 6 N–H and O–H groups in total. The Balaban J connectivity index is 1.90. The molecule has 9 heteroatoms. The summed E-state index contributed by atoms with van der Waals surface area (Å²) in [6.07, 6.45) is 3.61. The van der Waals surface area contributed by atoms with Gasteiger partial charge in [-0.3, -0.25) is 10.9 Å².